The molecule has 0 bridgehead atoms. The van der Waals surface area contributed by atoms with Crippen molar-refractivity contribution in [2.75, 3.05) is 11.9 Å². The monoisotopic (exact) mass is 448 g/mol. The Morgan fingerprint density at radius 1 is 1.37 bits per heavy atom. The number of amides is 1. The standard InChI is InChI=1S/C18H16F4N2O5S/c1-17(26,9-29-12-4-2-10(19)6-13(30)8-12)16(25)23-11-3-5-15(24(27)28)14(7-11)18(20,21)22/h2-7,26,30H,8-9H2,1H3,(H,23,25)/t17-/m0/s1. The minimum Gasteiger partial charge on any atom is -0.494 e. The summed E-state index contributed by atoms with van der Waals surface area (Å²) in [4.78, 5) is 22.2. The van der Waals surface area contributed by atoms with Crippen LogP contribution in [0.25, 0.3) is 0 Å². The third-order valence-electron chi connectivity index (χ3n) is 3.87. The molecule has 30 heavy (non-hydrogen) atoms. The first-order valence-electron chi connectivity index (χ1n) is 8.28. The van der Waals surface area contributed by atoms with Gasteiger partial charge in [-0.15, -0.1) is 12.6 Å². The second-order valence-electron chi connectivity index (χ2n) is 6.50. The molecule has 0 unspecified atom stereocenters. The number of allylic oxidation sites excluding steroid dienone is 5. The third-order valence-corrected chi connectivity index (χ3v) is 4.16. The van der Waals surface area contributed by atoms with Crippen LogP contribution < -0.4 is 5.32 Å². The van der Waals surface area contributed by atoms with Crippen molar-refractivity contribution < 1.29 is 37.1 Å². The van der Waals surface area contributed by atoms with Crippen LogP contribution in [-0.2, 0) is 15.7 Å². The van der Waals surface area contributed by atoms with Gasteiger partial charge in [-0.3, -0.25) is 14.9 Å². The number of nitro groups is 1. The number of ether oxygens (including phenoxy) is 1. The van der Waals surface area contributed by atoms with Crippen molar-refractivity contribution in [1.29, 1.82) is 0 Å². The average molecular weight is 448 g/mol. The Balaban J connectivity index is 2.13. The van der Waals surface area contributed by atoms with Crippen LogP contribution in [-0.4, -0.2) is 28.1 Å². The number of hydrogen-bond donors (Lipinski definition) is 3. The van der Waals surface area contributed by atoms with E-state index in [9.17, 15) is 37.6 Å². The Bertz CT molecular complexity index is 954. The third kappa shape index (κ3) is 6.07. The van der Waals surface area contributed by atoms with Crippen LogP contribution in [0.1, 0.15) is 18.9 Å². The molecule has 0 spiro atoms. The first-order valence-corrected chi connectivity index (χ1v) is 8.72. The zero-order valence-corrected chi connectivity index (χ0v) is 16.3. The number of benzene rings is 1. The van der Waals surface area contributed by atoms with E-state index in [1.807, 2.05) is 0 Å². The minimum atomic E-state index is -5.03. The molecule has 0 saturated heterocycles. The summed E-state index contributed by atoms with van der Waals surface area (Å²) in [5, 5.41) is 23.2. The van der Waals surface area contributed by atoms with Crippen LogP contribution >= 0.6 is 12.6 Å². The van der Waals surface area contributed by atoms with Gasteiger partial charge < -0.3 is 15.2 Å². The number of nitrogens with one attached hydrogen (secondary N) is 1. The van der Waals surface area contributed by atoms with Crippen LogP contribution in [0.3, 0.4) is 0 Å². The van der Waals surface area contributed by atoms with Crippen molar-refractivity contribution in [2.24, 2.45) is 0 Å². The lowest BCUT2D eigenvalue weighted by atomic mass is 10.1. The Kier molecular flexibility index (Phi) is 6.93. The predicted molar refractivity (Wildman–Crippen MR) is 102 cm³/mol. The molecular formula is C18H16F4N2O5S. The summed E-state index contributed by atoms with van der Waals surface area (Å²) < 4.78 is 57.8. The molecule has 2 rings (SSSR count). The molecule has 1 aliphatic carbocycles. The maximum Gasteiger partial charge on any atom is 0.423 e. The van der Waals surface area contributed by atoms with Crippen LogP contribution in [0, 0.1) is 10.1 Å². The minimum absolute atomic E-state index is 0.0992. The molecule has 12 heteroatoms. The fraction of sp³-hybridized carbons (Fsp3) is 0.278. The molecule has 0 fully saturated rings. The molecule has 1 aliphatic rings. The molecule has 1 amide bonds. The number of thiol groups is 1. The predicted octanol–water partition coefficient (Wildman–Crippen LogP) is 4.27. The molecule has 1 atom stereocenters. The topological polar surface area (TPSA) is 102 Å². The molecule has 1 aromatic carbocycles. The number of anilines is 1. The molecule has 0 radical (unpaired) electrons. The van der Waals surface area contributed by atoms with E-state index in [1.54, 1.807) is 0 Å². The first-order chi connectivity index (χ1) is 13.8. The van der Waals surface area contributed by atoms with Crippen LogP contribution in [0.5, 0.6) is 0 Å². The van der Waals surface area contributed by atoms with Gasteiger partial charge in [0.2, 0.25) is 0 Å². The fourth-order valence-corrected chi connectivity index (χ4v) is 2.61. The van der Waals surface area contributed by atoms with Gasteiger partial charge in [-0.25, -0.2) is 4.39 Å². The lowest BCUT2D eigenvalue weighted by molar-refractivity contribution is -0.388. The number of carbonyl (C=O) groups is 1. The summed E-state index contributed by atoms with van der Waals surface area (Å²) in [6.45, 7) is 0.462. The Morgan fingerprint density at radius 2 is 2.03 bits per heavy atom. The summed E-state index contributed by atoms with van der Waals surface area (Å²) in [7, 11) is 0. The maximum absolute atomic E-state index is 13.3. The van der Waals surface area contributed by atoms with E-state index in [0.29, 0.717) is 17.0 Å². The lowest BCUT2D eigenvalue weighted by Crippen LogP contribution is -2.44. The van der Waals surface area contributed by atoms with Gasteiger partial charge in [0.25, 0.3) is 11.6 Å². The molecule has 0 aliphatic heterocycles. The zero-order chi connectivity index (χ0) is 22.7. The maximum atomic E-state index is 13.3. The number of rotatable bonds is 6. The van der Waals surface area contributed by atoms with Crippen molar-refractivity contribution in [3.05, 3.63) is 68.6 Å². The van der Waals surface area contributed by atoms with Crippen LogP contribution in [0.4, 0.5) is 28.9 Å². The van der Waals surface area contributed by atoms with E-state index in [2.05, 4.69) is 17.9 Å². The van der Waals surface area contributed by atoms with Gasteiger partial charge in [0, 0.05) is 18.2 Å². The molecule has 162 valence electrons. The summed E-state index contributed by atoms with van der Waals surface area (Å²) in [5.74, 6) is -1.48. The second kappa shape index (κ2) is 8.88. The zero-order valence-electron chi connectivity index (χ0n) is 15.4. The fourth-order valence-electron chi connectivity index (χ4n) is 2.33. The average Bonchev–Trinajstić information content (AvgIpc) is 2.79. The highest BCUT2D eigenvalue weighted by molar-refractivity contribution is 7.84. The van der Waals surface area contributed by atoms with Crippen molar-refractivity contribution >= 4 is 29.9 Å². The van der Waals surface area contributed by atoms with E-state index in [1.165, 1.54) is 6.08 Å². The van der Waals surface area contributed by atoms with Crippen molar-refractivity contribution in [2.45, 2.75) is 25.1 Å². The highest BCUT2D eigenvalue weighted by Gasteiger charge is 2.39. The number of halogens is 4. The number of aliphatic hydroxyl groups is 1. The molecule has 1 aromatic rings. The Hall–Kier alpha value is -2.86. The summed E-state index contributed by atoms with van der Waals surface area (Å²) >= 11 is 4.05. The SMILES string of the molecule is C[C@](O)(COC1=CC=C(F)C=C(S)C1)C(=O)Nc1ccc([N+](=O)[O-])c(C(F)(F)F)c1. The van der Waals surface area contributed by atoms with Crippen molar-refractivity contribution in [3.63, 3.8) is 0 Å². The molecule has 0 aromatic heterocycles. The van der Waals surface area contributed by atoms with Gasteiger partial charge in [0.15, 0.2) is 5.60 Å². The van der Waals surface area contributed by atoms with Gasteiger partial charge in [0.05, 0.1) is 4.92 Å². The first kappa shape index (κ1) is 23.4. The van der Waals surface area contributed by atoms with Crippen LogP contribution in [0.2, 0.25) is 0 Å². The number of carbonyl (C=O) groups excluding carboxylic acids is 1. The molecule has 0 saturated carbocycles. The number of nitro benzene ring substituents is 1. The highest BCUT2D eigenvalue weighted by atomic mass is 32.1. The van der Waals surface area contributed by atoms with E-state index >= 15 is 0 Å². The number of hydrogen-bond acceptors (Lipinski definition) is 6. The molecule has 0 heterocycles. The van der Waals surface area contributed by atoms with E-state index in [-0.39, 0.29) is 12.2 Å². The van der Waals surface area contributed by atoms with Gasteiger partial charge in [-0.2, -0.15) is 13.2 Å². The summed E-state index contributed by atoms with van der Waals surface area (Å²) in [6, 6.07) is 1.90. The van der Waals surface area contributed by atoms with Crippen molar-refractivity contribution in [1.82, 2.24) is 0 Å². The number of nitrogens with zero attached hydrogens (tertiary/aromatic N) is 1. The van der Waals surface area contributed by atoms with E-state index < -0.39 is 52.0 Å². The molecular weight excluding hydrogens is 432 g/mol. The van der Waals surface area contributed by atoms with Gasteiger partial charge in [0.1, 0.15) is 23.8 Å². The lowest BCUT2D eigenvalue weighted by Gasteiger charge is -2.23. The van der Waals surface area contributed by atoms with Crippen LogP contribution in [0.15, 0.2) is 52.9 Å². The second-order valence-corrected chi connectivity index (χ2v) is 7.07. The van der Waals surface area contributed by atoms with Gasteiger partial charge >= 0.3 is 6.18 Å². The van der Waals surface area contributed by atoms with Crippen molar-refractivity contribution in [3.8, 4) is 0 Å². The van der Waals surface area contributed by atoms with Gasteiger partial charge in [-0.05, 0) is 42.2 Å². The summed E-state index contributed by atoms with van der Waals surface area (Å²) in [5.41, 5.74) is -5.31. The Morgan fingerprint density at radius 3 is 2.63 bits per heavy atom. The Labute approximate surface area is 173 Å². The smallest absolute Gasteiger partial charge is 0.423 e. The molecule has 2 N–H and O–H groups in total. The molecule has 7 nitrogen and oxygen atoms in total. The summed E-state index contributed by atoms with van der Waals surface area (Å²) in [6.07, 6.45) is -1.38. The van der Waals surface area contributed by atoms with E-state index in [4.69, 9.17) is 4.74 Å². The highest BCUT2D eigenvalue weighted by Crippen LogP contribution is 2.37. The number of alkyl halides is 3. The quantitative estimate of drug-likeness (QED) is 0.261. The largest absolute Gasteiger partial charge is 0.494 e. The van der Waals surface area contributed by atoms with E-state index in [0.717, 1.165) is 25.1 Å². The normalized spacial score (nSPS) is 16.4. The van der Waals surface area contributed by atoms with Gasteiger partial charge in [-0.1, -0.05) is 0 Å².